The second-order valence-electron chi connectivity index (χ2n) is 6.95. The van der Waals surface area contributed by atoms with E-state index in [-0.39, 0.29) is 11.1 Å². The van der Waals surface area contributed by atoms with E-state index >= 15 is 0 Å². The number of aromatic carboxylic acids is 1. The van der Waals surface area contributed by atoms with Crippen molar-refractivity contribution < 1.29 is 9.90 Å². The van der Waals surface area contributed by atoms with Crippen LogP contribution in [-0.2, 0) is 0 Å². The third-order valence-electron chi connectivity index (χ3n) is 5.68. The topological polar surface area (TPSA) is 70.2 Å². The Morgan fingerprint density at radius 3 is 2.20 bits per heavy atom. The summed E-state index contributed by atoms with van der Waals surface area (Å²) in [7, 11) is 0. The minimum Gasteiger partial charge on any atom is -0.477 e. The number of aromatic nitrogens is 1. The molecule has 4 aliphatic carbocycles. The van der Waals surface area contributed by atoms with Gasteiger partial charge in [-0.15, -0.1) is 0 Å². The number of carboxylic acid groups (broad SMARTS) is 1. The average molecular weight is 273 g/mol. The van der Waals surface area contributed by atoms with E-state index in [0.717, 1.165) is 17.5 Å². The van der Waals surface area contributed by atoms with Crippen LogP contribution in [0.1, 0.15) is 54.2 Å². The van der Waals surface area contributed by atoms with Crippen LogP contribution in [0.25, 0.3) is 0 Å². The van der Waals surface area contributed by atoms with E-state index in [4.69, 9.17) is 5.11 Å². The van der Waals surface area contributed by atoms with Crippen LogP contribution in [0, 0.1) is 23.7 Å². The van der Waals surface area contributed by atoms with Gasteiger partial charge in [-0.05, 0) is 55.8 Å². The maximum Gasteiger partial charge on any atom is 0.352 e. The first kappa shape index (κ1) is 12.2. The lowest BCUT2D eigenvalue weighted by Gasteiger charge is -2.54. The molecule has 4 aliphatic rings. The lowest BCUT2D eigenvalue weighted by molar-refractivity contribution is -0.00427. The zero-order chi connectivity index (χ0) is 13.9. The number of carbonyl (C=O) groups is 1. The Labute approximate surface area is 117 Å². The zero-order valence-electron chi connectivity index (χ0n) is 11.3. The summed E-state index contributed by atoms with van der Waals surface area (Å²) < 4.78 is 0. The molecule has 2 N–H and O–H groups in total. The number of hydrogen-bond donors (Lipinski definition) is 2. The molecule has 4 fully saturated rings. The second kappa shape index (κ2) is 4.21. The molecule has 4 nitrogen and oxygen atoms in total. The van der Waals surface area contributed by atoms with Crippen LogP contribution in [0.5, 0.6) is 0 Å². The van der Waals surface area contributed by atoms with Crippen LogP contribution < -0.4 is 5.43 Å². The number of hydrogen-bond acceptors (Lipinski definition) is 2. The lowest BCUT2D eigenvalue weighted by atomic mass is 9.51. The number of rotatable bonds is 2. The van der Waals surface area contributed by atoms with Crippen molar-refractivity contribution in [2.45, 2.75) is 38.0 Å². The first-order chi connectivity index (χ1) is 9.60. The molecule has 4 heteroatoms. The zero-order valence-corrected chi connectivity index (χ0v) is 11.3. The van der Waals surface area contributed by atoms with Crippen molar-refractivity contribution in [1.82, 2.24) is 4.98 Å². The quantitative estimate of drug-likeness (QED) is 0.870. The van der Waals surface area contributed by atoms with Gasteiger partial charge in [0.25, 0.3) is 0 Å². The number of aromatic amines is 1. The average Bonchev–Trinajstić information content (AvgIpc) is 2.36. The second-order valence-corrected chi connectivity index (χ2v) is 6.95. The van der Waals surface area contributed by atoms with Crippen LogP contribution in [0.4, 0.5) is 0 Å². The Balaban J connectivity index is 1.74. The molecule has 4 bridgehead atoms. The van der Waals surface area contributed by atoms with Gasteiger partial charge in [0.2, 0.25) is 0 Å². The molecule has 5 rings (SSSR count). The van der Waals surface area contributed by atoms with Crippen LogP contribution in [-0.4, -0.2) is 16.1 Å². The molecule has 0 radical (unpaired) electrons. The summed E-state index contributed by atoms with van der Waals surface area (Å²) in [6, 6.07) is 2.81. The predicted molar refractivity (Wildman–Crippen MR) is 73.8 cm³/mol. The third kappa shape index (κ3) is 1.81. The Hall–Kier alpha value is -1.58. The molecule has 0 saturated heterocycles. The van der Waals surface area contributed by atoms with Crippen molar-refractivity contribution in [1.29, 1.82) is 0 Å². The van der Waals surface area contributed by atoms with E-state index in [9.17, 15) is 9.59 Å². The molecule has 0 unspecified atom stereocenters. The molecule has 20 heavy (non-hydrogen) atoms. The van der Waals surface area contributed by atoms with Crippen molar-refractivity contribution in [3.05, 3.63) is 33.7 Å². The molecule has 0 amide bonds. The first-order valence-corrected chi connectivity index (χ1v) is 7.57. The summed E-state index contributed by atoms with van der Waals surface area (Å²) in [4.78, 5) is 25.9. The summed E-state index contributed by atoms with van der Waals surface area (Å²) in [5.74, 6) is 2.37. The van der Waals surface area contributed by atoms with Gasteiger partial charge in [0.05, 0.1) is 0 Å². The standard InChI is InChI=1S/C16H19NO3/c18-12-6-13(17-14(7-12)16(19)20)15-10-2-8-1-9(4-10)5-11(15)3-8/h6-11,15H,1-5H2,(H,17,18)(H,19,20). The minimum absolute atomic E-state index is 0.0290. The van der Waals surface area contributed by atoms with Crippen LogP contribution in [0.3, 0.4) is 0 Å². The van der Waals surface area contributed by atoms with Gasteiger partial charge in [0.15, 0.2) is 5.43 Å². The molecule has 0 aromatic carbocycles. The maximum absolute atomic E-state index is 11.8. The number of H-pyrrole nitrogens is 1. The van der Waals surface area contributed by atoms with Gasteiger partial charge < -0.3 is 10.1 Å². The highest BCUT2D eigenvalue weighted by Crippen LogP contribution is 2.59. The SMILES string of the molecule is O=C(O)c1cc(=O)cc(C2C3CC4CC(C3)CC2C4)[nH]1. The van der Waals surface area contributed by atoms with Gasteiger partial charge >= 0.3 is 5.97 Å². The van der Waals surface area contributed by atoms with Crippen molar-refractivity contribution in [2.75, 3.05) is 0 Å². The minimum atomic E-state index is -1.05. The fourth-order valence-electron chi connectivity index (χ4n) is 5.29. The summed E-state index contributed by atoms with van der Waals surface area (Å²) in [6.45, 7) is 0. The Kier molecular flexibility index (Phi) is 2.56. The fourth-order valence-corrected chi connectivity index (χ4v) is 5.29. The van der Waals surface area contributed by atoms with Gasteiger partial charge in [-0.25, -0.2) is 4.79 Å². The fraction of sp³-hybridized carbons (Fsp3) is 0.625. The van der Waals surface area contributed by atoms with E-state index in [1.165, 1.54) is 38.2 Å². The Morgan fingerprint density at radius 2 is 1.65 bits per heavy atom. The van der Waals surface area contributed by atoms with Crippen molar-refractivity contribution >= 4 is 5.97 Å². The molecular weight excluding hydrogens is 254 g/mol. The third-order valence-corrected chi connectivity index (χ3v) is 5.68. The van der Waals surface area contributed by atoms with E-state index < -0.39 is 5.97 Å². The van der Waals surface area contributed by atoms with Gasteiger partial charge in [-0.1, -0.05) is 0 Å². The lowest BCUT2D eigenvalue weighted by Crippen LogP contribution is -2.44. The Bertz CT molecular complexity index is 590. The number of carboxylic acids is 1. The molecule has 1 aromatic rings. The first-order valence-electron chi connectivity index (χ1n) is 7.57. The largest absolute Gasteiger partial charge is 0.477 e. The highest BCUT2D eigenvalue weighted by atomic mass is 16.4. The van der Waals surface area contributed by atoms with Crippen molar-refractivity contribution in [3.8, 4) is 0 Å². The monoisotopic (exact) mass is 273 g/mol. The molecule has 0 aliphatic heterocycles. The maximum atomic E-state index is 11.8. The van der Waals surface area contributed by atoms with Gasteiger partial charge in [0, 0.05) is 23.7 Å². The number of nitrogens with one attached hydrogen (secondary N) is 1. The highest BCUT2D eigenvalue weighted by molar-refractivity contribution is 5.85. The molecule has 106 valence electrons. The van der Waals surface area contributed by atoms with E-state index in [1.54, 1.807) is 6.07 Å². The molecule has 1 aromatic heterocycles. The highest BCUT2D eigenvalue weighted by Gasteiger charge is 2.48. The smallest absolute Gasteiger partial charge is 0.352 e. The van der Waals surface area contributed by atoms with Crippen molar-refractivity contribution in [2.24, 2.45) is 23.7 Å². The molecule has 4 saturated carbocycles. The van der Waals surface area contributed by atoms with E-state index in [2.05, 4.69) is 4.98 Å². The van der Waals surface area contributed by atoms with Gasteiger partial charge in [-0.2, -0.15) is 0 Å². The van der Waals surface area contributed by atoms with Crippen LogP contribution in [0.15, 0.2) is 16.9 Å². The summed E-state index contributed by atoms with van der Waals surface area (Å²) in [6.07, 6.45) is 6.44. The van der Waals surface area contributed by atoms with E-state index in [1.807, 2.05) is 0 Å². The predicted octanol–water partition coefficient (Wildman–Crippen LogP) is 2.61. The van der Waals surface area contributed by atoms with E-state index in [0.29, 0.717) is 17.8 Å². The molecule has 1 heterocycles. The van der Waals surface area contributed by atoms with Crippen LogP contribution in [0.2, 0.25) is 0 Å². The van der Waals surface area contributed by atoms with Crippen molar-refractivity contribution in [3.63, 3.8) is 0 Å². The molecule has 0 atom stereocenters. The Morgan fingerprint density at radius 1 is 1.05 bits per heavy atom. The van der Waals surface area contributed by atoms with Crippen LogP contribution >= 0.6 is 0 Å². The normalized spacial score (nSPS) is 38.1. The summed E-state index contributed by atoms with van der Waals surface area (Å²) >= 11 is 0. The molecule has 0 spiro atoms. The van der Waals surface area contributed by atoms with Gasteiger partial charge in [0.1, 0.15) is 5.69 Å². The summed E-state index contributed by atoms with van der Waals surface area (Å²) in [5.41, 5.74) is 0.704. The number of pyridine rings is 1. The molecular formula is C16H19NO3. The summed E-state index contributed by atoms with van der Waals surface area (Å²) in [5, 5.41) is 9.11. The van der Waals surface area contributed by atoms with Gasteiger partial charge in [-0.3, -0.25) is 4.79 Å².